The van der Waals surface area contributed by atoms with Crippen molar-refractivity contribution in [3.8, 4) is 6.07 Å². The molecule has 0 N–H and O–H groups in total. The normalized spacial score (nSPS) is 14.0. The summed E-state index contributed by atoms with van der Waals surface area (Å²) in [6, 6.07) is 18.2. The van der Waals surface area contributed by atoms with Gasteiger partial charge in [0.2, 0.25) is 0 Å². The maximum absolute atomic E-state index is 13.6. The first kappa shape index (κ1) is 38.5. The quantitative estimate of drug-likeness (QED) is 0.218. The van der Waals surface area contributed by atoms with E-state index in [4.69, 9.17) is 16.9 Å². The number of aryl methyl sites for hydroxylation is 2. The first-order chi connectivity index (χ1) is 19.5. The molecule has 2 nitrogen and oxygen atoms in total. The van der Waals surface area contributed by atoms with Gasteiger partial charge >= 0.3 is 6.18 Å². The summed E-state index contributed by atoms with van der Waals surface area (Å²) in [4.78, 5) is 2.33. The summed E-state index contributed by atoms with van der Waals surface area (Å²) in [5, 5.41) is 9.99. The van der Waals surface area contributed by atoms with Crippen LogP contribution in [0.3, 0.4) is 0 Å². The number of benzene rings is 3. The second kappa shape index (κ2) is 20.4. The Morgan fingerprint density at radius 3 is 2.12 bits per heavy atom. The SMILES string of the molecule is CC.CC.CC1CCN(Cc2c(F)cccc2P)C1.CCc1ccccc1C(F)(F)F.Cc1ccc(C#N)c(Cl)c1. The van der Waals surface area contributed by atoms with Crippen LogP contribution in [0.2, 0.25) is 5.02 Å². The lowest BCUT2D eigenvalue weighted by Gasteiger charge is -2.17. The maximum atomic E-state index is 13.6. The monoisotopic (exact) mass is 610 g/mol. The molecular formula is C33H44ClF4N2P. The lowest BCUT2D eigenvalue weighted by Crippen LogP contribution is -2.23. The molecule has 0 bridgehead atoms. The van der Waals surface area contributed by atoms with Crippen molar-refractivity contribution < 1.29 is 17.6 Å². The molecule has 2 unspecified atom stereocenters. The number of hydrogen-bond acceptors (Lipinski definition) is 2. The van der Waals surface area contributed by atoms with E-state index in [0.29, 0.717) is 22.6 Å². The van der Waals surface area contributed by atoms with Gasteiger partial charge in [-0.15, -0.1) is 9.24 Å². The highest BCUT2D eigenvalue weighted by Crippen LogP contribution is 2.31. The van der Waals surface area contributed by atoms with Crippen LogP contribution < -0.4 is 5.30 Å². The van der Waals surface area contributed by atoms with Gasteiger partial charge in [0.1, 0.15) is 11.9 Å². The van der Waals surface area contributed by atoms with Crippen molar-refractivity contribution in [1.29, 1.82) is 5.26 Å². The number of alkyl halides is 3. The second-order valence-electron chi connectivity index (χ2n) is 9.04. The Kier molecular flexibility index (Phi) is 19.2. The van der Waals surface area contributed by atoms with Crippen LogP contribution in [0.4, 0.5) is 17.6 Å². The van der Waals surface area contributed by atoms with E-state index >= 15 is 0 Å². The minimum Gasteiger partial charge on any atom is -0.299 e. The molecular weight excluding hydrogens is 567 g/mol. The summed E-state index contributed by atoms with van der Waals surface area (Å²) < 4.78 is 50.3. The van der Waals surface area contributed by atoms with Crippen LogP contribution in [0, 0.1) is 30.0 Å². The second-order valence-corrected chi connectivity index (χ2v) is 10.1. The smallest absolute Gasteiger partial charge is 0.299 e. The lowest BCUT2D eigenvalue weighted by molar-refractivity contribution is -0.138. The van der Waals surface area contributed by atoms with Crippen LogP contribution in [0.1, 0.15) is 75.8 Å². The summed E-state index contributed by atoms with van der Waals surface area (Å²) in [5.41, 5.74) is 2.27. The minimum absolute atomic E-state index is 0.0814. The van der Waals surface area contributed by atoms with Gasteiger partial charge in [-0.25, -0.2) is 4.39 Å². The fourth-order valence-electron chi connectivity index (χ4n) is 3.95. The fraction of sp³-hybridized carbons (Fsp3) is 0.424. The zero-order valence-electron chi connectivity index (χ0n) is 25.2. The van der Waals surface area contributed by atoms with Crippen LogP contribution in [0.25, 0.3) is 0 Å². The Hall–Kier alpha value is -2.45. The van der Waals surface area contributed by atoms with E-state index in [2.05, 4.69) is 21.1 Å². The Balaban J connectivity index is 0.000000561. The van der Waals surface area contributed by atoms with Crippen LogP contribution >= 0.6 is 20.8 Å². The van der Waals surface area contributed by atoms with Gasteiger partial charge in [-0.1, -0.05) is 89.5 Å². The zero-order chi connectivity index (χ0) is 31.6. The van der Waals surface area contributed by atoms with E-state index in [-0.39, 0.29) is 5.82 Å². The van der Waals surface area contributed by atoms with Gasteiger partial charge in [0.25, 0.3) is 0 Å². The van der Waals surface area contributed by atoms with E-state index in [1.165, 1.54) is 18.6 Å². The highest BCUT2D eigenvalue weighted by Gasteiger charge is 2.32. The third-order valence-electron chi connectivity index (χ3n) is 5.99. The summed E-state index contributed by atoms with van der Waals surface area (Å²) in [7, 11) is 2.61. The molecule has 0 radical (unpaired) electrons. The number of nitrogens with zero attached hydrogens (tertiary/aromatic N) is 2. The number of rotatable bonds is 3. The van der Waals surface area contributed by atoms with Crippen molar-refractivity contribution in [2.75, 3.05) is 13.1 Å². The summed E-state index contributed by atoms with van der Waals surface area (Å²) >= 11 is 5.71. The first-order valence-electron chi connectivity index (χ1n) is 14.0. The molecule has 3 aromatic carbocycles. The van der Waals surface area contributed by atoms with Gasteiger partial charge in [0.05, 0.1) is 16.1 Å². The van der Waals surface area contributed by atoms with E-state index in [1.807, 2.05) is 52.8 Å². The van der Waals surface area contributed by atoms with Crippen molar-refractivity contribution >= 4 is 26.1 Å². The molecule has 0 aromatic heterocycles. The average molecular weight is 611 g/mol. The number of hydrogen-bond donors (Lipinski definition) is 0. The number of halogens is 5. The largest absolute Gasteiger partial charge is 0.416 e. The molecule has 8 heteroatoms. The van der Waals surface area contributed by atoms with Crippen molar-refractivity contribution in [2.45, 2.75) is 74.0 Å². The Bertz CT molecular complexity index is 1190. The molecule has 0 saturated carbocycles. The highest BCUT2D eigenvalue weighted by atomic mass is 35.5. The van der Waals surface area contributed by atoms with E-state index in [1.54, 1.807) is 37.3 Å². The molecule has 1 fully saturated rings. The predicted molar refractivity (Wildman–Crippen MR) is 169 cm³/mol. The van der Waals surface area contributed by atoms with Gasteiger partial charge < -0.3 is 0 Å². The van der Waals surface area contributed by atoms with Crippen LogP contribution in [0.15, 0.2) is 60.7 Å². The van der Waals surface area contributed by atoms with E-state index < -0.39 is 11.7 Å². The predicted octanol–water partition coefficient (Wildman–Crippen LogP) is 10.0. The molecule has 2 atom stereocenters. The van der Waals surface area contributed by atoms with Gasteiger partial charge in [0.15, 0.2) is 0 Å². The molecule has 4 rings (SSSR count). The Morgan fingerprint density at radius 2 is 1.66 bits per heavy atom. The molecule has 1 aliphatic rings. The molecule has 1 saturated heterocycles. The zero-order valence-corrected chi connectivity index (χ0v) is 27.2. The van der Waals surface area contributed by atoms with Crippen LogP contribution in [0.5, 0.6) is 0 Å². The third-order valence-corrected chi connectivity index (χ3v) is 6.85. The van der Waals surface area contributed by atoms with Crippen LogP contribution in [-0.4, -0.2) is 18.0 Å². The molecule has 0 spiro atoms. The summed E-state index contributed by atoms with van der Waals surface area (Å²) in [6.45, 7) is 16.8. The van der Waals surface area contributed by atoms with Crippen LogP contribution in [-0.2, 0) is 19.1 Å². The molecule has 3 aromatic rings. The number of nitriles is 1. The van der Waals surface area contributed by atoms with Crippen molar-refractivity contribution in [1.82, 2.24) is 4.90 Å². The molecule has 1 aliphatic heterocycles. The molecule has 0 aliphatic carbocycles. The molecule has 1 heterocycles. The van der Waals surface area contributed by atoms with E-state index in [0.717, 1.165) is 48.0 Å². The third kappa shape index (κ3) is 13.8. The van der Waals surface area contributed by atoms with E-state index in [9.17, 15) is 17.6 Å². The minimum atomic E-state index is -4.22. The van der Waals surface area contributed by atoms with Gasteiger partial charge in [-0.05, 0) is 72.9 Å². The van der Waals surface area contributed by atoms with Crippen molar-refractivity contribution in [3.05, 3.63) is 99.3 Å². The Morgan fingerprint density at radius 1 is 1.02 bits per heavy atom. The standard InChI is InChI=1S/C12H17FNP.C9H9F3.C8H6ClN.2C2H6/c1-9-5-6-14(7-9)8-10-11(13)3-2-4-12(10)15;1-2-7-5-3-4-6-8(7)9(10,11)12;1-6-2-3-7(5-10)8(9)4-6;2*1-2/h2-4,9H,5-8,15H2,1H3;3-6H,2H2,1H3;2-4H,1H3;2*1-2H3. The van der Waals surface area contributed by atoms with Crippen molar-refractivity contribution in [2.24, 2.45) is 5.92 Å². The fourth-order valence-corrected chi connectivity index (χ4v) is 4.57. The van der Waals surface area contributed by atoms with Crippen molar-refractivity contribution in [3.63, 3.8) is 0 Å². The Labute approximate surface area is 251 Å². The molecule has 0 amide bonds. The number of likely N-dealkylation sites (tertiary alicyclic amines) is 1. The van der Waals surface area contributed by atoms with Gasteiger partial charge in [-0.3, -0.25) is 4.90 Å². The summed E-state index contributed by atoms with van der Waals surface area (Å²) in [5.74, 6) is 0.673. The topological polar surface area (TPSA) is 27.0 Å². The molecule has 226 valence electrons. The summed E-state index contributed by atoms with van der Waals surface area (Å²) in [6.07, 6.45) is -2.57. The van der Waals surface area contributed by atoms with Gasteiger partial charge in [-0.2, -0.15) is 18.4 Å². The maximum Gasteiger partial charge on any atom is 0.416 e. The first-order valence-corrected chi connectivity index (χ1v) is 15.0. The molecule has 41 heavy (non-hydrogen) atoms. The lowest BCUT2D eigenvalue weighted by atomic mass is 10.1. The van der Waals surface area contributed by atoms with Gasteiger partial charge in [0, 0.05) is 18.7 Å². The average Bonchev–Trinajstić information content (AvgIpc) is 3.38. The highest BCUT2D eigenvalue weighted by molar-refractivity contribution is 7.27.